The van der Waals surface area contributed by atoms with Crippen LogP contribution in [0.4, 0.5) is 4.39 Å². The molecule has 1 aromatic heterocycles. The van der Waals surface area contributed by atoms with Gasteiger partial charge in [-0.2, -0.15) is 5.10 Å². The summed E-state index contributed by atoms with van der Waals surface area (Å²) >= 11 is 5.81. The summed E-state index contributed by atoms with van der Waals surface area (Å²) < 4.78 is 13.4. The monoisotopic (exact) mass is 277 g/mol. The van der Waals surface area contributed by atoms with Crippen molar-refractivity contribution in [3.05, 3.63) is 64.7 Å². The number of hydrazone groups is 1. The van der Waals surface area contributed by atoms with E-state index in [9.17, 15) is 9.18 Å². The molecule has 1 N–H and O–H groups in total. The van der Waals surface area contributed by atoms with Crippen LogP contribution in [0.25, 0.3) is 0 Å². The zero-order valence-electron chi connectivity index (χ0n) is 9.68. The van der Waals surface area contributed by atoms with Crippen molar-refractivity contribution in [1.82, 2.24) is 10.4 Å². The van der Waals surface area contributed by atoms with E-state index in [0.717, 1.165) is 6.21 Å². The van der Waals surface area contributed by atoms with E-state index in [-0.39, 0.29) is 16.3 Å². The van der Waals surface area contributed by atoms with Crippen molar-refractivity contribution in [2.75, 3.05) is 0 Å². The highest BCUT2D eigenvalue weighted by Crippen LogP contribution is 2.16. The molecule has 0 saturated heterocycles. The zero-order chi connectivity index (χ0) is 13.7. The van der Waals surface area contributed by atoms with E-state index in [1.165, 1.54) is 24.4 Å². The molecule has 2 rings (SSSR count). The Labute approximate surface area is 113 Å². The zero-order valence-corrected chi connectivity index (χ0v) is 10.4. The normalized spacial score (nSPS) is 10.6. The van der Waals surface area contributed by atoms with Crippen molar-refractivity contribution in [3.63, 3.8) is 0 Å². The van der Waals surface area contributed by atoms with E-state index >= 15 is 0 Å². The number of amides is 1. The minimum atomic E-state index is -0.511. The van der Waals surface area contributed by atoms with Crippen LogP contribution in [-0.2, 0) is 0 Å². The van der Waals surface area contributed by atoms with Gasteiger partial charge in [0, 0.05) is 11.8 Å². The number of hydrogen-bond donors (Lipinski definition) is 1. The van der Waals surface area contributed by atoms with Crippen molar-refractivity contribution in [2.24, 2.45) is 5.10 Å². The first-order valence-corrected chi connectivity index (χ1v) is 5.75. The standard InChI is InChI=1S/C13H9ClFN3O/c14-10-4-3-5-11(15)9(10)8-17-18-13(19)12-6-1-2-7-16-12/h1-8H,(H,18,19)/b17-8+. The number of rotatable bonds is 3. The fourth-order valence-electron chi connectivity index (χ4n) is 1.34. The van der Waals surface area contributed by atoms with E-state index in [1.54, 1.807) is 18.2 Å². The Morgan fingerprint density at radius 1 is 1.32 bits per heavy atom. The summed E-state index contributed by atoms with van der Waals surface area (Å²) in [7, 11) is 0. The summed E-state index contributed by atoms with van der Waals surface area (Å²) in [6.45, 7) is 0. The van der Waals surface area contributed by atoms with E-state index in [2.05, 4.69) is 15.5 Å². The molecule has 0 aliphatic carbocycles. The third kappa shape index (κ3) is 3.35. The Morgan fingerprint density at radius 2 is 2.16 bits per heavy atom. The maximum absolute atomic E-state index is 13.4. The van der Waals surface area contributed by atoms with Crippen LogP contribution in [0.2, 0.25) is 5.02 Å². The Balaban J connectivity index is 2.07. The van der Waals surface area contributed by atoms with E-state index in [1.807, 2.05) is 0 Å². The lowest BCUT2D eigenvalue weighted by Crippen LogP contribution is -2.18. The molecule has 1 amide bonds. The van der Waals surface area contributed by atoms with Gasteiger partial charge in [-0.05, 0) is 24.3 Å². The van der Waals surface area contributed by atoms with Gasteiger partial charge in [0.15, 0.2) is 0 Å². The highest BCUT2D eigenvalue weighted by atomic mass is 35.5. The highest BCUT2D eigenvalue weighted by Gasteiger charge is 2.06. The summed E-state index contributed by atoms with van der Waals surface area (Å²) in [5.74, 6) is -0.993. The minimum Gasteiger partial charge on any atom is -0.266 e. The molecule has 6 heteroatoms. The van der Waals surface area contributed by atoms with Gasteiger partial charge in [0.1, 0.15) is 11.5 Å². The number of carbonyl (C=O) groups excluding carboxylic acids is 1. The van der Waals surface area contributed by atoms with Gasteiger partial charge in [-0.1, -0.05) is 23.7 Å². The number of carbonyl (C=O) groups is 1. The van der Waals surface area contributed by atoms with Crippen molar-refractivity contribution in [1.29, 1.82) is 0 Å². The number of benzene rings is 1. The molecular formula is C13H9ClFN3O. The quantitative estimate of drug-likeness (QED) is 0.693. The van der Waals surface area contributed by atoms with Crippen LogP contribution < -0.4 is 5.43 Å². The number of pyridine rings is 1. The van der Waals surface area contributed by atoms with E-state index < -0.39 is 11.7 Å². The second-order valence-electron chi connectivity index (χ2n) is 3.55. The lowest BCUT2D eigenvalue weighted by Gasteiger charge is -2.00. The molecule has 4 nitrogen and oxygen atoms in total. The molecule has 19 heavy (non-hydrogen) atoms. The molecule has 0 saturated carbocycles. The van der Waals surface area contributed by atoms with Crippen LogP contribution in [0, 0.1) is 5.82 Å². The fourth-order valence-corrected chi connectivity index (χ4v) is 1.56. The first-order chi connectivity index (χ1) is 9.18. The number of hydrogen-bond acceptors (Lipinski definition) is 3. The molecule has 2 aromatic rings. The fraction of sp³-hybridized carbons (Fsp3) is 0. The molecule has 0 spiro atoms. The first kappa shape index (κ1) is 13.2. The third-order valence-corrected chi connectivity index (χ3v) is 2.59. The van der Waals surface area contributed by atoms with Gasteiger partial charge in [-0.15, -0.1) is 0 Å². The lowest BCUT2D eigenvalue weighted by atomic mass is 10.2. The van der Waals surface area contributed by atoms with Crippen LogP contribution in [0.3, 0.4) is 0 Å². The van der Waals surface area contributed by atoms with Crippen molar-refractivity contribution in [2.45, 2.75) is 0 Å². The molecule has 96 valence electrons. The Bertz CT molecular complexity index is 596. The molecular weight excluding hydrogens is 269 g/mol. The molecule has 0 atom stereocenters. The van der Waals surface area contributed by atoms with Gasteiger partial charge in [-0.25, -0.2) is 9.82 Å². The highest BCUT2D eigenvalue weighted by molar-refractivity contribution is 6.33. The van der Waals surface area contributed by atoms with Crippen molar-refractivity contribution >= 4 is 23.7 Å². The van der Waals surface area contributed by atoms with Gasteiger partial charge in [0.05, 0.1) is 11.2 Å². The summed E-state index contributed by atoms with van der Waals surface area (Å²) in [5.41, 5.74) is 2.58. The average molecular weight is 278 g/mol. The second kappa shape index (κ2) is 6.06. The summed E-state index contributed by atoms with van der Waals surface area (Å²) in [6, 6.07) is 9.20. The van der Waals surface area contributed by atoms with E-state index in [0.29, 0.717) is 0 Å². The topological polar surface area (TPSA) is 54.4 Å². The van der Waals surface area contributed by atoms with Gasteiger partial charge in [0.25, 0.3) is 5.91 Å². The average Bonchev–Trinajstić information content (AvgIpc) is 2.43. The molecule has 1 heterocycles. The maximum Gasteiger partial charge on any atom is 0.289 e. The SMILES string of the molecule is O=C(N/N=C/c1c(F)cccc1Cl)c1ccccn1. The molecule has 0 fully saturated rings. The Kier molecular flexibility index (Phi) is 4.20. The number of nitrogens with one attached hydrogen (secondary N) is 1. The second-order valence-corrected chi connectivity index (χ2v) is 3.96. The van der Waals surface area contributed by atoms with Crippen molar-refractivity contribution in [3.8, 4) is 0 Å². The summed E-state index contributed by atoms with van der Waals surface area (Å²) in [5, 5.41) is 3.87. The van der Waals surface area contributed by atoms with Gasteiger partial charge in [0.2, 0.25) is 0 Å². The Morgan fingerprint density at radius 3 is 2.84 bits per heavy atom. The lowest BCUT2D eigenvalue weighted by molar-refractivity contribution is 0.0950. The maximum atomic E-state index is 13.4. The largest absolute Gasteiger partial charge is 0.289 e. The van der Waals surface area contributed by atoms with Gasteiger partial charge >= 0.3 is 0 Å². The van der Waals surface area contributed by atoms with Crippen LogP contribution in [0.5, 0.6) is 0 Å². The number of nitrogens with zero attached hydrogens (tertiary/aromatic N) is 2. The Hall–Kier alpha value is -2.27. The van der Waals surface area contributed by atoms with Crippen LogP contribution in [0.15, 0.2) is 47.7 Å². The molecule has 0 aliphatic heterocycles. The minimum absolute atomic E-state index is 0.116. The summed E-state index contributed by atoms with van der Waals surface area (Å²) in [6.07, 6.45) is 2.64. The first-order valence-electron chi connectivity index (χ1n) is 5.37. The predicted molar refractivity (Wildman–Crippen MR) is 70.7 cm³/mol. The summed E-state index contributed by atoms with van der Waals surface area (Å²) in [4.78, 5) is 15.4. The van der Waals surface area contributed by atoms with Gasteiger partial charge < -0.3 is 0 Å². The molecule has 0 unspecified atom stereocenters. The number of aromatic nitrogens is 1. The smallest absolute Gasteiger partial charge is 0.266 e. The van der Waals surface area contributed by atoms with Crippen LogP contribution in [-0.4, -0.2) is 17.1 Å². The molecule has 0 radical (unpaired) electrons. The van der Waals surface area contributed by atoms with Crippen molar-refractivity contribution < 1.29 is 9.18 Å². The molecule has 1 aromatic carbocycles. The molecule has 0 aliphatic rings. The van der Waals surface area contributed by atoms with Crippen LogP contribution in [0.1, 0.15) is 16.1 Å². The molecule has 0 bridgehead atoms. The van der Waals surface area contributed by atoms with Crippen LogP contribution >= 0.6 is 11.6 Å². The third-order valence-electron chi connectivity index (χ3n) is 2.26. The van der Waals surface area contributed by atoms with E-state index in [4.69, 9.17) is 11.6 Å². The van der Waals surface area contributed by atoms with Gasteiger partial charge in [-0.3, -0.25) is 9.78 Å². The number of halogens is 2. The predicted octanol–water partition coefficient (Wildman–Crippen LogP) is 2.64.